The molecule has 0 aromatic carbocycles. The van der Waals surface area contributed by atoms with Crippen LogP contribution in [0.3, 0.4) is 0 Å². The van der Waals surface area contributed by atoms with Crippen LogP contribution in [0.15, 0.2) is 0 Å². The van der Waals surface area contributed by atoms with Gasteiger partial charge in [-0.1, -0.05) is 0 Å². The summed E-state index contributed by atoms with van der Waals surface area (Å²) in [4.78, 5) is 23.7. The van der Waals surface area contributed by atoms with Crippen LogP contribution in [0.4, 0.5) is 4.79 Å². The third-order valence-electron chi connectivity index (χ3n) is 2.22. The molecule has 0 radical (unpaired) electrons. The first kappa shape index (κ1) is 11.2. The van der Waals surface area contributed by atoms with Crippen molar-refractivity contribution < 1.29 is 14.3 Å². The van der Waals surface area contributed by atoms with Crippen LogP contribution in [0.2, 0.25) is 0 Å². The van der Waals surface area contributed by atoms with E-state index in [2.05, 4.69) is 14.5 Å². The van der Waals surface area contributed by atoms with E-state index < -0.39 is 6.09 Å². The van der Waals surface area contributed by atoms with Crippen molar-refractivity contribution in [2.45, 2.75) is 25.9 Å². The number of hydrogen-bond acceptors (Lipinski definition) is 3. The van der Waals surface area contributed by atoms with Crippen LogP contribution in [0.25, 0.3) is 0 Å². The molecule has 1 fully saturated rings. The van der Waals surface area contributed by atoms with Gasteiger partial charge in [0.15, 0.2) is 0 Å². The molecule has 2 amide bonds. The zero-order chi connectivity index (χ0) is 10.6. The smallest absolute Gasteiger partial charge is 0.410 e. The van der Waals surface area contributed by atoms with Crippen molar-refractivity contribution in [2.24, 2.45) is 0 Å². The molecule has 14 heavy (non-hydrogen) atoms. The Morgan fingerprint density at radius 3 is 2.86 bits per heavy atom. The third kappa shape index (κ3) is 3.14. The van der Waals surface area contributed by atoms with Crippen LogP contribution in [-0.2, 0) is 9.53 Å². The molecule has 1 saturated heterocycles. The van der Waals surface area contributed by atoms with E-state index in [-0.39, 0.29) is 12.0 Å². The number of likely N-dealkylation sites (tertiary alicyclic amines) is 1. The van der Waals surface area contributed by atoms with E-state index in [0.29, 0.717) is 6.54 Å². The zero-order valence-corrected chi connectivity index (χ0v) is 9.31. The first-order chi connectivity index (χ1) is 6.63. The molecule has 6 heteroatoms. The monoisotopic (exact) mass is 218 g/mol. The summed E-state index contributed by atoms with van der Waals surface area (Å²) in [5, 5.41) is 2.31. The molecule has 0 saturated carbocycles. The Morgan fingerprint density at radius 2 is 2.29 bits per heavy atom. The largest absolute Gasteiger partial charge is 0.444 e. The van der Waals surface area contributed by atoms with Crippen molar-refractivity contribution in [2.75, 3.05) is 13.1 Å². The molecule has 1 aliphatic rings. The van der Waals surface area contributed by atoms with Gasteiger partial charge < -0.3 is 14.7 Å². The van der Waals surface area contributed by atoms with Gasteiger partial charge in [-0.2, -0.15) is 0 Å². The fourth-order valence-corrected chi connectivity index (χ4v) is 1.57. The lowest BCUT2D eigenvalue weighted by atomic mass is 10.1. The Hall–Kier alpha value is -0.830. The highest BCUT2D eigenvalue weighted by atomic mass is 31.0. The molecule has 2 unspecified atom stereocenters. The van der Waals surface area contributed by atoms with Gasteiger partial charge in [-0.3, -0.25) is 4.79 Å². The van der Waals surface area contributed by atoms with Gasteiger partial charge >= 0.3 is 6.09 Å². The number of nitrogens with one attached hydrogen (secondary N) is 1. The lowest BCUT2D eigenvalue weighted by Gasteiger charge is -2.31. The number of rotatable bonds is 1. The summed E-state index contributed by atoms with van der Waals surface area (Å²) in [6.45, 7) is 2.79. The van der Waals surface area contributed by atoms with E-state index in [1.165, 1.54) is 6.92 Å². The summed E-state index contributed by atoms with van der Waals surface area (Å²) < 4.78 is 5.06. The van der Waals surface area contributed by atoms with E-state index >= 15 is 0 Å². The first-order valence-electron chi connectivity index (χ1n) is 4.56. The second-order valence-electron chi connectivity index (χ2n) is 3.28. The topological polar surface area (TPSA) is 58.6 Å². The van der Waals surface area contributed by atoms with Crippen molar-refractivity contribution in [1.82, 2.24) is 9.99 Å². The molecule has 5 nitrogen and oxygen atoms in total. The van der Waals surface area contributed by atoms with Crippen molar-refractivity contribution in [3.05, 3.63) is 0 Å². The van der Waals surface area contributed by atoms with Gasteiger partial charge in [0, 0.05) is 13.5 Å². The predicted molar refractivity (Wildman–Crippen MR) is 54.6 cm³/mol. The standard InChI is InChI=1S/C8H15N2O3P/c1-6(11)10-4-2-3-7(5-10)13-8(12)9-14/h7H,2-5,14H2,1H3,(H,9,12). The number of carbonyl (C=O) groups excluding carboxylic acids is 2. The van der Waals surface area contributed by atoms with E-state index in [1.807, 2.05) is 0 Å². The highest BCUT2D eigenvalue weighted by Crippen LogP contribution is 2.13. The van der Waals surface area contributed by atoms with Crippen molar-refractivity contribution in [3.8, 4) is 0 Å². The van der Waals surface area contributed by atoms with E-state index in [9.17, 15) is 9.59 Å². The molecule has 1 heterocycles. The van der Waals surface area contributed by atoms with Crippen LogP contribution >= 0.6 is 9.39 Å². The van der Waals surface area contributed by atoms with Crippen LogP contribution in [0, 0.1) is 0 Å². The number of nitrogens with zero attached hydrogens (tertiary/aromatic N) is 1. The number of amides is 2. The van der Waals surface area contributed by atoms with Crippen LogP contribution in [0.5, 0.6) is 0 Å². The lowest BCUT2D eigenvalue weighted by Crippen LogP contribution is -2.43. The SMILES string of the molecule is CC(=O)N1CCCC(OC(=O)NP)C1. The van der Waals surface area contributed by atoms with Crippen molar-refractivity contribution in [1.29, 1.82) is 0 Å². The molecule has 1 rings (SSSR count). The third-order valence-corrected chi connectivity index (χ3v) is 2.45. The summed E-state index contributed by atoms with van der Waals surface area (Å²) >= 11 is 0. The summed E-state index contributed by atoms with van der Waals surface area (Å²) in [6.07, 6.45) is 1.06. The molecular weight excluding hydrogens is 203 g/mol. The first-order valence-corrected chi connectivity index (χ1v) is 5.14. The van der Waals surface area contributed by atoms with Crippen LogP contribution < -0.4 is 5.09 Å². The summed E-state index contributed by atoms with van der Waals surface area (Å²) in [6, 6.07) is 0. The summed E-state index contributed by atoms with van der Waals surface area (Å²) in [5.74, 6) is 0.0320. The molecule has 1 N–H and O–H groups in total. The van der Waals surface area contributed by atoms with Crippen molar-refractivity contribution >= 4 is 21.4 Å². The molecular formula is C8H15N2O3P. The van der Waals surface area contributed by atoms with Gasteiger partial charge in [0.2, 0.25) is 5.91 Å². The molecule has 2 atom stereocenters. The number of ether oxygens (including phenoxy) is 1. The maximum Gasteiger partial charge on any atom is 0.410 e. The van der Waals surface area contributed by atoms with Gasteiger partial charge in [-0.05, 0) is 22.2 Å². The fourth-order valence-electron chi connectivity index (χ4n) is 1.51. The lowest BCUT2D eigenvalue weighted by molar-refractivity contribution is -0.131. The number of carbonyl (C=O) groups is 2. The molecule has 0 aliphatic carbocycles. The average Bonchev–Trinajstić information content (AvgIpc) is 2.18. The molecule has 0 spiro atoms. The summed E-state index contributed by atoms with van der Waals surface area (Å²) in [7, 11) is 2.08. The molecule has 80 valence electrons. The number of hydrogen-bond donors (Lipinski definition) is 1. The van der Waals surface area contributed by atoms with Crippen LogP contribution in [-0.4, -0.2) is 36.1 Å². The maximum atomic E-state index is 11.1. The minimum absolute atomic E-state index is 0.0320. The van der Waals surface area contributed by atoms with Gasteiger partial charge in [0.05, 0.1) is 6.54 Å². The second-order valence-corrected chi connectivity index (χ2v) is 3.57. The minimum atomic E-state index is -0.467. The van der Waals surface area contributed by atoms with Crippen LogP contribution in [0.1, 0.15) is 19.8 Å². The molecule has 0 aromatic heterocycles. The Morgan fingerprint density at radius 1 is 1.57 bits per heavy atom. The Labute approximate surface area is 85.4 Å². The van der Waals surface area contributed by atoms with Gasteiger partial charge in [0.25, 0.3) is 0 Å². The Kier molecular flexibility index (Phi) is 4.14. The second kappa shape index (κ2) is 5.15. The zero-order valence-electron chi connectivity index (χ0n) is 8.16. The predicted octanol–water partition coefficient (Wildman–Crippen LogP) is 0.514. The van der Waals surface area contributed by atoms with E-state index in [0.717, 1.165) is 19.4 Å². The highest BCUT2D eigenvalue weighted by molar-refractivity contribution is 7.15. The van der Waals surface area contributed by atoms with Gasteiger partial charge in [-0.25, -0.2) is 4.79 Å². The van der Waals surface area contributed by atoms with Gasteiger partial charge in [-0.15, -0.1) is 0 Å². The fraction of sp³-hybridized carbons (Fsp3) is 0.750. The van der Waals surface area contributed by atoms with E-state index in [1.54, 1.807) is 4.90 Å². The normalized spacial score (nSPS) is 21.6. The van der Waals surface area contributed by atoms with Crippen molar-refractivity contribution in [3.63, 3.8) is 0 Å². The van der Waals surface area contributed by atoms with Gasteiger partial charge in [0.1, 0.15) is 6.10 Å². The van der Waals surface area contributed by atoms with E-state index in [4.69, 9.17) is 4.74 Å². The molecule has 1 aliphatic heterocycles. The quantitative estimate of drug-likeness (QED) is 0.652. The summed E-state index contributed by atoms with van der Waals surface area (Å²) in [5.41, 5.74) is 0. The molecule has 0 bridgehead atoms. The Bertz CT molecular complexity index is 235. The average molecular weight is 218 g/mol. The molecule has 0 aromatic rings. The number of piperidine rings is 1. The Balaban J connectivity index is 2.40. The maximum absolute atomic E-state index is 11.1. The minimum Gasteiger partial charge on any atom is -0.444 e. The highest BCUT2D eigenvalue weighted by Gasteiger charge is 2.23.